The van der Waals surface area contributed by atoms with Crippen molar-refractivity contribution in [3.63, 3.8) is 0 Å². The van der Waals surface area contributed by atoms with Gasteiger partial charge in [-0.2, -0.15) is 5.10 Å². The Labute approximate surface area is 128 Å². The van der Waals surface area contributed by atoms with Gasteiger partial charge in [0.05, 0.1) is 29.0 Å². The number of nitrogens with one attached hydrogen (secondary N) is 1. The minimum absolute atomic E-state index is 0.0995. The number of hydrogen-bond acceptors (Lipinski definition) is 3. The Morgan fingerprint density at radius 1 is 1.30 bits per heavy atom. The number of ether oxygens (including phenoxy) is 1. The third kappa shape index (κ3) is 3.04. The van der Waals surface area contributed by atoms with E-state index in [2.05, 4.69) is 45.4 Å². The summed E-state index contributed by atoms with van der Waals surface area (Å²) < 4.78 is 8.51. The zero-order chi connectivity index (χ0) is 14.5. The lowest BCUT2D eigenvalue weighted by atomic mass is 10.0. The highest BCUT2D eigenvalue weighted by molar-refractivity contribution is 9.10. The molecule has 0 spiro atoms. The first-order valence-electron chi connectivity index (χ1n) is 6.82. The van der Waals surface area contributed by atoms with Crippen molar-refractivity contribution in [2.45, 2.75) is 26.4 Å². The molecule has 0 aliphatic carbocycles. The maximum absolute atomic E-state index is 5.49. The zero-order valence-electron chi connectivity index (χ0n) is 12.1. The van der Waals surface area contributed by atoms with E-state index < -0.39 is 0 Å². The van der Waals surface area contributed by atoms with E-state index in [1.54, 1.807) is 0 Å². The maximum atomic E-state index is 5.49. The summed E-state index contributed by atoms with van der Waals surface area (Å²) in [6.07, 6.45) is 1.84. The van der Waals surface area contributed by atoms with E-state index >= 15 is 0 Å². The van der Waals surface area contributed by atoms with Gasteiger partial charge in [0.1, 0.15) is 5.75 Å². The van der Waals surface area contributed by atoms with Crippen molar-refractivity contribution in [2.24, 2.45) is 0 Å². The van der Waals surface area contributed by atoms with Crippen LogP contribution in [0.2, 0.25) is 0 Å². The van der Waals surface area contributed by atoms with Crippen molar-refractivity contribution in [2.75, 3.05) is 13.7 Å². The molecular formula is C15H20BrN3O. The molecule has 0 radical (unpaired) electrons. The van der Waals surface area contributed by atoms with Gasteiger partial charge in [-0.3, -0.25) is 4.68 Å². The van der Waals surface area contributed by atoms with E-state index in [0.717, 1.165) is 22.5 Å². The molecule has 1 atom stereocenters. The zero-order valence-corrected chi connectivity index (χ0v) is 13.6. The van der Waals surface area contributed by atoms with Crippen LogP contribution in [0, 0.1) is 0 Å². The summed E-state index contributed by atoms with van der Waals surface area (Å²) >= 11 is 3.59. The van der Waals surface area contributed by atoms with Crippen LogP contribution in [0.25, 0.3) is 0 Å². The van der Waals surface area contributed by atoms with Gasteiger partial charge in [0.2, 0.25) is 0 Å². The van der Waals surface area contributed by atoms with Crippen molar-refractivity contribution in [1.82, 2.24) is 15.1 Å². The standard InChI is InChI=1S/C15H20BrN3O/c1-4-19-15(13(16)10-18-19)14(17-3)11-6-8-12(9-7-11)20-5-2/h6-10,14,17H,4-5H2,1-3H3. The fourth-order valence-electron chi connectivity index (χ4n) is 2.30. The Bertz CT molecular complexity index is 551. The van der Waals surface area contributed by atoms with Gasteiger partial charge in [0.15, 0.2) is 0 Å². The molecule has 0 saturated heterocycles. The molecular weight excluding hydrogens is 318 g/mol. The molecule has 2 aromatic rings. The second kappa shape index (κ2) is 6.90. The Kier molecular flexibility index (Phi) is 5.20. The number of benzene rings is 1. The van der Waals surface area contributed by atoms with E-state index in [1.807, 2.05) is 37.0 Å². The molecule has 0 fully saturated rings. The van der Waals surface area contributed by atoms with Crippen LogP contribution in [0.4, 0.5) is 0 Å². The molecule has 0 amide bonds. The van der Waals surface area contributed by atoms with Crippen LogP contribution < -0.4 is 10.1 Å². The molecule has 1 heterocycles. The van der Waals surface area contributed by atoms with Crippen LogP contribution in [0.3, 0.4) is 0 Å². The van der Waals surface area contributed by atoms with Crippen LogP contribution in [0.15, 0.2) is 34.9 Å². The van der Waals surface area contributed by atoms with Gasteiger partial charge in [0.25, 0.3) is 0 Å². The minimum Gasteiger partial charge on any atom is -0.494 e. The maximum Gasteiger partial charge on any atom is 0.119 e. The van der Waals surface area contributed by atoms with Crippen molar-refractivity contribution in [3.8, 4) is 5.75 Å². The molecule has 1 N–H and O–H groups in total. The van der Waals surface area contributed by atoms with Crippen molar-refractivity contribution in [1.29, 1.82) is 0 Å². The number of hydrogen-bond donors (Lipinski definition) is 1. The van der Waals surface area contributed by atoms with Gasteiger partial charge in [-0.25, -0.2) is 0 Å². The molecule has 1 aromatic carbocycles. The average molecular weight is 338 g/mol. The van der Waals surface area contributed by atoms with Crippen LogP contribution in [-0.2, 0) is 6.54 Å². The molecule has 4 nitrogen and oxygen atoms in total. The SMILES string of the molecule is CCOc1ccc(C(NC)c2c(Br)cnn2CC)cc1. The summed E-state index contributed by atoms with van der Waals surface area (Å²) in [5.41, 5.74) is 2.33. The van der Waals surface area contributed by atoms with E-state index in [9.17, 15) is 0 Å². The first kappa shape index (κ1) is 15.1. The third-order valence-corrected chi connectivity index (χ3v) is 3.83. The molecule has 1 unspecified atom stereocenters. The topological polar surface area (TPSA) is 39.1 Å². The van der Waals surface area contributed by atoms with Crippen LogP contribution >= 0.6 is 15.9 Å². The van der Waals surface area contributed by atoms with Gasteiger partial charge in [-0.15, -0.1) is 0 Å². The monoisotopic (exact) mass is 337 g/mol. The summed E-state index contributed by atoms with van der Waals surface area (Å²) in [6.45, 7) is 5.61. The smallest absolute Gasteiger partial charge is 0.119 e. The van der Waals surface area contributed by atoms with Crippen molar-refractivity contribution in [3.05, 3.63) is 46.2 Å². The molecule has 0 aliphatic heterocycles. The number of nitrogens with zero attached hydrogens (tertiary/aromatic N) is 2. The first-order valence-corrected chi connectivity index (χ1v) is 7.61. The number of halogens is 1. The molecule has 20 heavy (non-hydrogen) atoms. The summed E-state index contributed by atoms with van der Waals surface area (Å²) in [5, 5.41) is 7.74. The van der Waals surface area contributed by atoms with Crippen LogP contribution in [0.1, 0.15) is 31.1 Å². The van der Waals surface area contributed by atoms with E-state index in [-0.39, 0.29) is 6.04 Å². The third-order valence-electron chi connectivity index (χ3n) is 3.22. The lowest BCUT2D eigenvalue weighted by Gasteiger charge is -2.19. The van der Waals surface area contributed by atoms with Crippen LogP contribution in [0.5, 0.6) is 5.75 Å². The highest BCUT2D eigenvalue weighted by Gasteiger charge is 2.19. The summed E-state index contributed by atoms with van der Waals surface area (Å²) in [5.74, 6) is 0.897. The predicted molar refractivity (Wildman–Crippen MR) is 84.1 cm³/mol. The Balaban J connectivity index is 2.34. The predicted octanol–water partition coefficient (Wildman–Crippen LogP) is 3.37. The van der Waals surface area contributed by atoms with Crippen LogP contribution in [-0.4, -0.2) is 23.4 Å². The molecule has 0 aliphatic rings. The quantitative estimate of drug-likeness (QED) is 0.878. The lowest BCUT2D eigenvalue weighted by Crippen LogP contribution is -2.21. The largest absolute Gasteiger partial charge is 0.494 e. The van der Waals surface area contributed by atoms with Crippen molar-refractivity contribution >= 4 is 15.9 Å². The fraction of sp³-hybridized carbons (Fsp3) is 0.400. The van der Waals surface area contributed by atoms with Gasteiger partial charge in [0, 0.05) is 6.54 Å². The van der Waals surface area contributed by atoms with E-state index in [1.165, 1.54) is 5.56 Å². The molecule has 1 aromatic heterocycles. The molecule has 2 rings (SSSR count). The highest BCUT2D eigenvalue weighted by atomic mass is 79.9. The Hall–Kier alpha value is -1.33. The van der Waals surface area contributed by atoms with E-state index in [0.29, 0.717) is 6.61 Å². The average Bonchev–Trinajstić information content (AvgIpc) is 2.83. The summed E-state index contributed by atoms with van der Waals surface area (Å²) in [7, 11) is 1.96. The lowest BCUT2D eigenvalue weighted by molar-refractivity contribution is 0.340. The second-order valence-corrected chi connectivity index (χ2v) is 5.27. The molecule has 0 saturated carbocycles. The number of rotatable bonds is 6. The van der Waals surface area contributed by atoms with Crippen molar-refractivity contribution < 1.29 is 4.74 Å². The van der Waals surface area contributed by atoms with Gasteiger partial charge in [-0.1, -0.05) is 12.1 Å². The Morgan fingerprint density at radius 2 is 2.00 bits per heavy atom. The first-order chi connectivity index (χ1) is 9.71. The summed E-state index contributed by atoms with van der Waals surface area (Å²) in [6, 6.07) is 8.28. The normalized spacial score (nSPS) is 12.4. The van der Waals surface area contributed by atoms with Gasteiger partial charge >= 0.3 is 0 Å². The number of aryl methyl sites for hydroxylation is 1. The number of aromatic nitrogens is 2. The minimum atomic E-state index is 0.0995. The highest BCUT2D eigenvalue weighted by Crippen LogP contribution is 2.29. The second-order valence-electron chi connectivity index (χ2n) is 4.42. The molecule has 0 bridgehead atoms. The molecule has 5 heteroatoms. The van der Waals surface area contributed by atoms with E-state index in [4.69, 9.17) is 4.74 Å². The Morgan fingerprint density at radius 3 is 2.55 bits per heavy atom. The summed E-state index contributed by atoms with van der Waals surface area (Å²) in [4.78, 5) is 0. The fourth-order valence-corrected chi connectivity index (χ4v) is 2.82. The van der Waals surface area contributed by atoms with Gasteiger partial charge in [-0.05, 0) is 54.5 Å². The molecule has 108 valence electrons. The van der Waals surface area contributed by atoms with Gasteiger partial charge < -0.3 is 10.1 Å².